The highest BCUT2D eigenvalue weighted by molar-refractivity contribution is 5.36. The molecule has 0 radical (unpaired) electrons. The number of methoxy groups -OCH3 is 1. The molecule has 0 aliphatic carbocycles. The summed E-state index contributed by atoms with van der Waals surface area (Å²) in [5.41, 5.74) is 1.24. The van der Waals surface area contributed by atoms with Crippen molar-refractivity contribution in [1.82, 2.24) is 5.32 Å². The summed E-state index contributed by atoms with van der Waals surface area (Å²) in [6.07, 6.45) is 1.05. The lowest BCUT2D eigenvalue weighted by Crippen LogP contribution is -2.24. The van der Waals surface area contributed by atoms with Crippen molar-refractivity contribution in [2.45, 2.75) is 33.2 Å². The maximum Gasteiger partial charge on any atom is 0.124 e. The highest BCUT2D eigenvalue weighted by Crippen LogP contribution is 2.29. The second-order valence-corrected chi connectivity index (χ2v) is 4.88. The summed E-state index contributed by atoms with van der Waals surface area (Å²) in [4.78, 5) is 0. The first kappa shape index (κ1) is 16.0. The van der Waals surface area contributed by atoms with Crippen LogP contribution in [-0.2, 0) is 4.74 Å². The molecule has 0 aromatic heterocycles. The van der Waals surface area contributed by atoms with E-state index in [1.807, 2.05) is 19.1 Å². The van der Waals surface area contributed by atoms with Crippen LogP contribution in [-0.4, -0.2) is 26.9 Å². The summed E-state index contributed by atoms with van der Waals surface area (Å²) in [7, 11) is 1.76. The fourth-order valence-electron chi connectivity index (χ4n) is 2.38. The molecule has 3 heteroatoms. The summed E-state index contributed by atoms with van der Waals surface area (Å²) in [6.45, 7) is 8.81. The topological polar surface area (TPSA) is 30.5 Å². The third-order valence-electron chi connectivity index (χ3n) is 3.13. The Hall–Kier alpha value is -1.06. The summed E-state index contributed by atoms with van der Waals surface area (Å²) in [5, 5.41) is 3.55. The second-order valence-electron chi connectivity index (χ2n) is 4.88. The van der Waals surface area contributed by atoms with Gasteiger partial charge in [-0.1, -0.05) is 32.0 Å². The molecule has 19 heavy (non-hydrogen) atoms. The Labute approximate surface area is 117 Å². The lowest BCUT2D eigenvalue weighted by molar-refractivity contribution is 0.149. The van der Waals surface area contributed by atoms with E-state index in [1.165, 1.54) is 5.56 Å². The highest BCUT2D eigenvalue weighted by Gasteiger charge is 2.17. The van der Waals surface area contributed by atoms with Gasteiger partial charge in [0, 0.05) is 25.3 Å². The maximum absolute atomic E-state index is 5.73. The number of ether oxygens (including phenoxy) is 2. The first-order valence-corrected chi connectivity index (χ1v) is 7.16. The largest absolute Gasteiger partial charge is 0.494 e. The van der Waals surface area contributed by atoms with Crippen LogP contribution in [0.25, 0.3) is 0 Å². The third-order valence-corrected chi connectivity index (χ3v) is 3.13. The first-order valence-electron chi connectivity index (χ1n) is 7.16. The molecule has 0 fully saturated rings. The molecule has 0 heterocycles. The van der Waals surface area contributed by atoms with Crippen molar-refractivity contribution in [3.05, 3.63) is 29.8 Å². The van der Waals surface area contributed by atoms with Crippen LogP contribution in [0.1, 0.15) is 38.8 Å². The van der Waals surface area contributed by atoms with E-state index in [9.17, 15) is 0 Å². The summed E-state index contributed by atoms with van der Waals surface area (Å²) < 4.78 is 11.0. The molecular formula is C16H27NO2. The van der Waals surface area contributed by atoms with Gasteiger partial charge in [-0.25, -0.2) is 0 Å². The summed E-state index contributed by atoms with van der Waals surface area (Å²) >= 11 is 0. The number of rotatable bonds is 9. The van der Waals surface area contributed by atoms with Gasteiger partial charge in [-0.2, -0.15) is 0 Å². The zero-order chi connectivity index (χ0) is 14.1. The molecule has 0 spiro atoms. The molecule has 0 bridgehead atoms. The van der Waals surface area contributed by atoms with E-state index in [4.69, 9.17) is 9.47 Å². The predicted molar refractivity (Wildman–Crippen MR) is 79.7 cm³/mol. The van der Waals surface area contributed by atoms with Gasteiger partial charge in [0.25, 0.3) is 0 Å². The van der Waals surface area contributed by atoms with Gasteiger partial charge in [0.05, 0.1) is 6.61 Å². The average molecular weight is 265 g/mol. The van der Waals surface area contributed by atoms with Gasteiger partial charge >= 0.3 is 0 Å². The SMILES string of the molecule is CCNC(CC(C)COC)c1ccccc1OCC. The van der Waals surface area contributed by atoms with Crippen LogP contribution in [0, 0.1) is 5.92 Å². The normalized spacial score (nSPS) is 14.1. The zero-order valence-electron chi connectivity index (χ0n) is 12.6. The van der Waals surface area contributed by atoms with Crippen molar-refractivity contribution >= 4 is 0 Å². The average Bonchev–Trinajstić information content (AvgIpc) is 2.39. The van der Waals surface area contributed by atoms with E-state index < -0.39 is 0 Å². The van der Waals surface area contributed by atoms with Crippen LogP contribution >= 0.6 is 0 Å². The van der Waals surface area contributed by atoms with E-state index in [0.717, 1.165) is 25.3 Å². The Balaban J connectivity index is 2.85. The van der Waals surface area contributed by atoms with Crippen LogP contribution in [0.2, 0.25) is 0 Å². The van der Waals surface area contributed by atoms with Crippen molar-refractivity contribution in [1.29, 1.82) is 0 Å². The van der Waals surface area contributed by atoms with Gasteiger partial charge in [-0.15, -0.1) is 0 Å². The Kier molecular flexibility index (Phi) is 7.53. The molecular weight excluding hydrogens is 238 g/mol. The van der Waals surface area contributed by atoms with Crippen LogP contribution in [0.15, 0.2) is 24.3 Å². The van der Waals surface area contributed by atoms with Gasteiger partial charge in [0.1, 0.15) is 5.75 Å². The minimum atomic E-state index is 0.317. The van der Waals surface area contributed by atoms with Gasteiger partial charge in [-0.3, -0.25) is 0 Å². The number of hydrogen-bond donors (Lipinski definition) is 1. The van der Waals surface area contributed by atoms with E-state index in [1.54, 1.807) is 7.11 Å². The molecule has 2 unspecified atom stereocenters. The van der Waals surface area contributed by atoms with E-state index in [2.05, 4.69) is 31.3 Å². The van der Waals surface area contributed by atoms with E-state index in [-0.39, 0.29) is 0 Å². The maximum atomic E-state index is 5.73. The molecule has 108 valence electrons. The standard InChI is InChI=1S/C16H27NO2/c1-5-17-15(11-13(3)12-18-4)14-9-7-8-10-16(14)19-6-2/h7-10,13,15,17H,5-6,11-12H2,1-4H3. The van der Waals surface area contributed by atoms with Crippen LogP contribution < -0.4 is 10.1 Å². The molecule has 2 atom stereocenters. The van der Waals surface area contributed by atoms with Crippen molar-refractivity contribution in [3.8, 4) is 5.75 Å². The molecule has 1 rings (SSSR count). The Morgan fingerprint density at radius 1 is 1.21 bits per heavy atom. The van der Waals surface area contributed by atoms with E-state index >= 15 is 0 Å². The molecule has 1 N–H and O–H groups in total. The smallest absolute Gasteiger partial charge is 0.124 e. The van der Waals surface area contributed by atoms with E-state index in [0.29, 0.717) is 18.6 Å². The minimum absolute atomic E-state index is 0.317. The number of nitrogens with one attached hydrogen (secondary N) is 1. The number of benzene rings is 1. The molecule has 3 nitrogen and oxygen atoms in total. The lowest BCUT2D eigenvalue weighted by Gasteiger charge is -2.24. The minimum Gasteiger partial charge on any atom is -0.494 e. The fourth-order valence-corrected chi connectivity index (χ4v) is 2.38. The highest BCUT2D eigenvalue weighted by atomic mass is 16.5. The third kappa shape index (κ3) is 5.21. The van der Waals surface area contributed by atoms with Gasteiger partial charge in [0.15, 0.2) is 0 Å². The molecule has 0 aliphatic heterocycles. The molecule has 0 saturated heterocycles. The van der Waals surface area contributed by atoms with Crippen LogP contribution in [0.3, 0.4) is 0 Å². The first-order chi connectivity index (χ1) is 9.22. The molecule has 0 saturated carbocycles. The van der Waals surface area contributed by atoms with Crippen molar-refractivity contribution in [2.75, 3.05) is 26.9 Å². The fraction of sp³-hybridized carbons (Fsp3) is 0.625. The van der Waals surface area contributed by atoms with Crippen molar-refractivity contribution in [3.63, 3.8) is 0 Å². The molecule has 1 aromatic carbocycles. The summed E-state index contributed by atoms with van der Waals surface area (Å²) in [6, 6.07) is 8.61. The van der Waals surface area contributed by atoms with Crippen molar-refractivity contribution in [2.24, 2.45) is 5.92 Å². The molecule has 1 aromatic rings. The van der Waals surface area contributed by atoms with Gasteiger partial charge in [-0.05, 0) is 31.9 Å². The Morgan fingerprint density at radius 2 is 1.95 bits per heavy atom. The van der Waals surface area contributed by atoms with Crippen LogP contribution in [0.5, 0.6) is 5.75 Å². The molecule has 0 amide bonds. The van der Waals surface area contributed by atoms with Crippen LogP contribution in [0.4, 0.5) is 0 Å². The van der Waals surface area contributed by atoms with Crippen molar-refractivity contribution < 1.29 is 9.47 Å². The Bertz CT molecular complexity index is 354. The monoisotopic (exact) mass is 265 g/mol. The lowest BCUT2D eigenvalue weighted by atomic mass is 9.95. The van der Waals surface area contributed by atoms with Gasteiger partial charge in [0.2, 0.25) is 0 Å². The zero-order valence-corrected chi connectivity index (χ0v) is 12.6. The quantitative estimate of drug-likeness (QED) is 0.742. The predicted octanol–water partition coefficient (Wildman–Crippen LogP) is 3.41. The second kappa shape index (κ2) is 8.94. The Morgan fingerprint density at radius 3 is 2.58 bits per heavy atom. The number of para-hydroxylation sites is 1. The number of hydrogen-bond acceptors (Lipinski definition) is 3. The van der Waals surface area contributed by atoms with Gasteiger partial charge < -0.3 is 14.8 Å². The molecule has 0 aliphatic rings. The summed E-state index contributed by atoms with van der Waals surface area (Å²) in [5.74, 6) is 1.50.